The zero-order valence-corrected chi connectivity index (χ0v) is 11.1. The number of benzene rings is 1. The average molecular weight is 272 g/mol. The number of hydrogen-bond donors (Lipinski definition) is 1. The summed E-state index contributed by atoms with van der Waals surface area (Å²) in [6.07, 6.45) is 0.621. The molecule has 18 heavy (non-hydrogen) atoms. The molecule has 1 N–H and O–H groups in total. The van der Waals surface area contributed by atoms with Crippen LogP contribution in [-0.2, 0) is 15.0 Å². The quantitative estimate of drug-likeness (QED) is 0.782. The first-order chi connectivity index (χ1) is 8.53. The molecule has 6 nitrogen and oxygen atoms in total. The highest BCUT2D eigenvalue weighted by Crippen LogP contribution is 2.08. The Labute approximate surface area is 107 Å². The Kier molecular flexibility index (Phi) is 5.26. The first kappa shape index (κ1) is 14.6. The van der Waals surface area contributed by atoms with Gasteiger partial charge in [-0.1, -0.05) is 29.6 Å². The predicted molar refractivity (Wildman–Crippen MR) is 66.8 cm³/mol. The van der Waals surface area contributed by atoms with Crippen LogP contribution < -0.4 is 4.72 Å². The van der Waals surface area contributed by atoms with Crippen LogP contribution in [0.4, 0.5) is 0 Å². The van der Waals surface area contributed by atoms with Crippen LogP contribution in [0.15, 0.2) is 30.3 Å². The molecule has 7 heteroatoms. The van der Waals surface area contributed by atoms with Gasteiger partial charge in [-0.2, -0.15) is 13.1 Å². The molecule has 0 fully saturated rings. The van der Waals surface area contributed by atoms with E-state index in [0.29, 0.717) is 10.9 Å². The Hall–Kier alpha value is -1.44. The van der Waals surface area contributed by atoms with Crippen molar-refractivity contribution in [2.75, 3.05) is 13.7 Å². The Morgan fingerprint density at radius 2 is 1.94 bits per heavy atom. The summed E-state index contributed by atoms with van der Waals surface area (Å²) >= 11 is 0. The number of nitrogens with zero attached hydrogens (tertiary/aromatic N) is 1. The molecule has 1 aromatic carbocycles. The van der Waals surface area contributed by atoms with Crippen molar-refractivity contribution in [3.63, 3.8) is 0 Å². The molecule has 0 saturated heterocycles. The Balaban J connectivity index is 2.94. The van der Waals surface area contributed by atoms with Crippen molar-refractivity contribution in [1.29, 1.82) is 0 Å². The highest BCUT2D eigenvalue weighted by Gasteiger charge is 2.28. The van der Waals surface area contributed by atoms with E-state index in [2.05, 4.69) is 9.56 Å². The number of amides is 1. The minimum absolute atomic E-state index is 0.237. The van der Waals surface area contributed by atoms with E-state index in [1.165, 1.54) is 12.1 Å². The fourth-order valence-corrected chi connectivity index (χ4v) is 2.37. The van der Waals surface area contributed by atoms with Crippen molar-refractivity contribution < 1.29 is 18.0 Å². The molecule has 1 rings (SSSR count). The molecule has 0 radical (unpaired) electrons. The lowest BCUT2D eigenvalue weighted by Gasteiger charge is -2.19. The zero-order valence-electron chi connectivity index (χ0n) is 10.3. The molecule has 0 heterocycles. The van der Waals surface area contributed by atoms with Crippen LogP contribution in [0, 0.1) is 0 Å². The van der Waals surface area contributed by atoms with Crippen molar-refractivity contribution in [2.45, 2.75) is 13.3 Å². The second kappa shape index (κ2) is 6.48. The van der Waals surface area contributed by atoms with Gasteiger partial charge in [-0.3, -0.25) is 9.63 Å². The molecule has 100 valence electrons. The van der Waals surface area contributed by atoms with Crippen LogP contribution in [0.25, 0.3) is 0 Å². The van der Waals surface area contributed by atoms with Crippen LogP contribution in [0.5, 0.6) is 0 Å². The third-order valence-electron chi connectivity index (χ3n) is 2.11. The Morgan fingerprint density at radius 3 is 2.44 bits per heavy atom. The van der Waals surface area contributed by atoms with E-state index in [9.17, 15) is 13.2 Å². The fourth-order valence-electron chi connectivity index (χ4n) is 1.27. The van der Waals surface area contributed by atoms with Crippen LogP contribution >= 0.6 is 0 Å². The van der Waals surface area contributed by atoms with Crippen LogP contribution in [0.3, 0.4) is 0 Å². The number of nitrogens with one attached hydrogen (secondary N) is 1. The summed E-state index contributed by atoms with van der Waals surface area (Å²) in [5, 5.41) is 0. The minimum atomic E-state index is -3.97. The van der Waals surface area contributed by atoms with Gasteiger partial charge in [0.15, 0.2) is 0 Å². The largest absolute Gasteiger partial charge is 0.327 e. The summed E-state index contributed by atoms with van der Waals surface area (Å²) in [6.45, 7) is 2.06. The SMILES string of the molecule is CCCNS(=O)(=O)N(OC)C(=O)c1ccccc1. The highest BCUT2D eigenvalue weighted by atomic mass is 32.2. The molecule has 0 aromatic heterocycles. The number of carbonyl (C=O) groups is 1. The topological polar surface area (TPSA) is 75.7 Å². The van der Waals surface area contributed by atoms with Crippen LogP contribution in [0.2, 0.25) is 0 Å². The van der Waals surface area contributed by atoms with Gasteiger partial charge in [0.25, 0.3) is 5.91 Å². The number of hydrogen-bond acceptors (Lipinski definition) is 4. The molecule has 0 aliphatic rings. The minimum Gasteiger partial charge on any atom is -0.266 e. The molecule has 0 spiro atoms. The highest BCUT2D eigenvalue weighted by molar-refractivity contribution is 7.87. The first-order valence-corrected chi connectivity index (χ1v) is 6.90. The summed E-state index contributed by atoms with van der Waals surface area (Å²) in [6, 6.07) is 8.06. The summed E-state index contributed by atoms with van der Waals surface area (Å²) < 4.78 is 26.2. The second-order valence-electron chi connectivity index (χ2n) is 3.48. The van der Waals surface area contributed by atoms with E-state index in [1.807, 2.05) is 6.92 Å². The lowest BCUT2D eigenvalue weighted by atomic mass is 10.2. The van der Waals surface area contributed by atoms with Crippen LogP contribution in [0.1, 0.15) is 23.7 Å². The van der Waals surface area contributed by atoms with E-state index < -0.39 is 16.1 Å². The molecule has 1 aromatic rings. The molecule has 0 atom stereocenters. The van der Waals surface area contributed by atoms with E-state index >= 15 is 0 Å². The van der Waals surface area contributed by atoms with Gasteiger partial charge in [0.05, 0.1) is 7.11 Å². The van der Waals surface area contributed by atoms with Gasteiger partial charge in [-0.05, 0) is 18.6 Å². The molecule has 0 bridgehead atoms. The maximum atomic E-state index is 12.0. The van der Waals surface area contributed by atoms with Gasteiger partial charge >= 0.3 is 10.2 Å². The fraction of sp³-hybridized carbons (Fsp3) is 0.364. The number of carbonyl (C=O) groups excluding carboxylic acids is 1. The summed E-state index contributed by atoms with van der Waals surface area (Å²) in [5.74, 6) is -0.735. The maximum absolute atomic E-state index is 12.0. The van der Waals surface area contributed by atoms with Crippen molar-refractivity contribution in [2.24, 2.45) is 0 Å². The molecule has 0 unspecified atom stereocenters. The third-order valence-corrected chi connectivity index (χ3v) is 3.43. The molecule has 0 aliphatic carbocycles. The molecule has 0 saturated carbocycles. The van der Waals surface area contributed by atoms with Gasteiger partial charge in [0, 0.05) is 12.1 Å². The normalized spacial score (nSPS) is 11.2. The maximum Gasteiger partial charge on any atom is 0.327 e. The van der Waals surface area contributed by atoms with Crippen LogP contribution in [-0.4, -0.2) is 32.4 Å². The summed E-state index contributed by atoms with van der Waals surface area (Å²) in [4.78, 5) is 16.6. The zero-order chi connectivity index (χ0) is 13.6. The molecule has 1 amide bonds. The van der Waals surface area contributed by atoms with Gasteiger partial charge in [0.2, 0.25) is 0 Å². The lowest BCUT2D eigenvalue weighted by molar-refractivity contribution is -0.0293. The van der Waals surface area contributed by atoms with E-state index in [-0.39, 0.29) is 12.1 Å². The monoisotopic (exact) mass is 272 g/mol. The van der Waals surface area contributed by atoms with E-state index in [0.717, 1.165) is 7.11 Å². The van der Waals surface area contributed by atoms with Crippen molar-refractivity contribution in [1.82, 2.24) is 9.19 Å². The van der Waals surface area contributed by atoms with Gasteiger partial charge in [0.1, 0.15) is 0 Å². The van der Waals surface area contributed by atoms with Gasteiger partial charge < -0.3 is 0 Å². The second-order valence-corrected chi connectivity index (χ2v) is 5.05. The standard InChI is InChI=1S/C11H16N2O4S/c1-3-9-12-18(15,16)13(17-2)11(14)10-7-5-4-6-8-10/h4-8,12H,3,9H2,1-2H3. The predicted octanol–water partition coefficient (Wildman–Crippen LogP) is 0.935. The van der Waals surface area contributed by atoms with Crippen molar-refractivity contribution in [3.05, 3.63) is 35.9 Å². The van der Waals surface area contributed by atoms with Gasteiger partial charge in [-0.15, -0.1) is 0 Å². The van der Waals surface area contributed by atoms with Crippen molar-refractivity contribution >= 4 is 16.1 Å². The summed E-state index contributed by atoms with van der Waals surface area (Å²) in [5.41, 5.74) is 0.237. The molecular formula is C11H16N2O4S. The lowest BCUT2D eigenvalue weighted by Crippen LogP contribution is -2.43. The summed E-state index contributed by atoms with van der Waals surface area (Å²) in [7, 11) is -2.84. The van der Waals surface area contributed by atoms with Gasteiger partial charge in [-0.25, -0.2) is 0 Å². The third kappa shape index (κ3) is 3.52. The van der Waals surface area contributed by atoms with Crippen molar-refractivity contribution in [3.8, 4) is 0 Å². The smallest absolute Gasteiger partial charge is 0.266 e. The molecular weight excluding hydrogens is 256 g/mol. The Morgan fingerprint density at radius 1 is 1.33 bits per heavy atom. The first-order valence-electron chi connectivity index (χ1n) is 5.46. The average Bonchev–Trinajstić information content (AvgIpc) is 2.38. The van der Waals surface area contributed by atoms with E-state index in [4.69, 9.17) is 0 Å². The molecule has 0 aliphatic heterocycles. The Bertz CT molecular complexity index is 487. The number of hydroxylamine groups is 1. The number of rotatable bonds is 6. The van der Waals surface area contributed by atoms with E-state index in [1.54, 1.807) is 18.2 Å².